The van der Waals surface area contributed by atoms with E-state index in [1.165, 1.54) is 46.0 Å². The molecule has 4 heterocycles. The standard InChI is InChI=1S/C23H24N4/c1-14-13-15(2)27-12-6-8-17-21-20(24-18-9-3-4-10-19(18)25-21)16-7-5-11-26(14)22(16)23(17)27/h5-8,11-12,14-15H,3-4,9-10,13H2,1-2H3/q+2. The van der Waals surface area contributed by atoms with Gasteiger partial charge in [0, 0.05) is 12.1 Å². The molecular formula is C23H24N4+2. The van der Waals surface area contributed by atoms with Crippen molar-refractivity contribution < 1.29 is 9.13 Å². The molecule has 4 heteroatoms. The second kappa shape index (κ2) is 5.44. The Bertz CT molecular complexity index is 1150. The molecule has 2 atom stereocenters. The maximum atomic E-state index is 5.18. The van der Waals surface area contributed by atoms with Crippen LogP contribution in [0.4, 0.5) is 0 Å². The Morgan fingerprint density at radius 2 is 1.26 bits per heavy atom. The number of fused-ring (bicyclic) bond motifs is 4. The minimum absolute atomic E-state index is 0.454. The van der Waals surface area contributed by atoms with Crippen LogP contribution in [0.3, 0.4) is 0 Å². The monoisotopic (exact) mass is 356 g/mol. The number of aryl methyl sites for hydroxylation is 2. The number of pyridine rings is 2. The van der Waals surface area contributed by atoms with Crippen molar-refractivity contribution in [1.29, 1.82) is 0 Å². The van der Waals surface area contributed by atoms with Gasteiger partial charge in [-0.2, -0.15) is 9.13 Å². The fourth-order valence-electron chi connectivity index (χ4n) is 5.25. The molecule has 0 radical (unpaired) electrons. The zero-order valence-electron chi connectivity index (χ0n) is 15.9. The number of hydrogen-bond donors (Lipinski definition) is 0. The normalized spacial score (nSPS) is 21.7. The van der Waals surface area contributed by atoms with Crippen molar-refractivity contribution in [1.82, 2.24) is 9.97 Å². The average molecular weight is 356 g/mol. The van der Waals surface area contributed by atoms with Crippen LogP contribution in [0.25, 0.3) is 32.8 Å². The molecular weight excluding hydrogens is 332 g/mol. The summed E-state index contributed by atoms with van der Waals surface area (Å²) in [6.07, 6.45) is 10.2. The number of hydrogen-bond acceptors (Lipinski definition) is 2. The van der Waals surface area contributed by atoms with Crippen LogP contribution in [-0.4, -0.2) is 9.97 Å². The molecule has 134 valence electrons. The molecule has 6 rings (SSSR count). The van der Waals surface area contributed by atoms with E-state index in [9.17, 15) is 0 Å². The first kappa shape index (κ1) is 15.4. The molecule has 4 nitrogen and oxygen atoms in total. The van der Waals surface area contributed by atoms with Gasteiger partial charge in [0.2, 0.25) is 0 Å². The highest BCUT2D eigenvalue weighted by atomic mass is 15.1. The molecule has 1 aliphatic carbocycles. The van der Waals surface area contributed by atoms with Crippen molar-refractivity contribution in [2.24, 2.45) is 0 Å². The van der Waals surface area contributed by atoms with Crippen molar-refractivity contribution in [2.75, 3.05) is 0 Å². The minimum Gasteiger partial charge on any atom is -0.248 e. The molecule has 2 aliphatic rings. The van der Waals surface area contributed by atoms with E-state index in [0.29, 0.717) is 12.1 Å². The molecule has 0 saturated carbocycles. The Morgan fingerprint density at radius 1 is 0.778 bits per heavy atom. The largest absolute Gasteiger partial charge is 0.287 e. The predicted octanol–water partition coefficient (Wildman–Crippen LogP) is 3.92. The van der Waals surface area contributed by atoms with Crippen LogP contribution in [0.15, 0.2) is 36.7 Å². The fourth-order valence-corrected chi connectivity index (χ4v) is 5.25. The van der Waals surface area contributed by atoms with E-state index in [-0.39, 0.29) is 0 Å². The van der Waals surface area contributed by atoms with Gasteiger partial charge in [-0.15, -0.1) is 0 Å². The van der Waals surface area contributed by atoms with Gasteiger partial charge in [-0.25, -0.2) is 9.97 Å². The molecule has 0 fully saturated rings. The second-order valence-corrected chi connectivity index (χ2v) is 8.31. The molecule has 0 N–H and O–H groups in total. The number of rotatable bonds is 0. The molecule has 4 aromatic rings. The Morgan fingerprint density at radius 3 is 1.74 bits per heavy atom. The molecule has 0 amide bonds. The zero-order valence-corrected chi connectivity index (χ0v) is 15.9. The van der Waals surface area contributed by atoms with Gasteiger partial charge in [-0.1, -0.05) is 0 Å². The average Bonchev–Trinajstić information content (AvgIpc) is 2.81. The number of aromatic nitrogens is 4. The lowest BCUT2D eigenvalue weighted by atomic mass is 9.99. The Hall–Kier alpha value is -2.62. The van der Waals surface area contributed by atoms with E-state index >= 15 is 0 Å². The molecule has 0 spiro atoms. The van der Waals surface area contributed by atoms with E-state index in [1.807, 2.05) is 0 Å². The highest BCUT2D eigenvalue weighted by Gasteiger charge is 2.35. The van der Waals surface area contributed by atoms with E-state index in [4.69, 9.17) is 9.97 Å². The van der Waals surface area contributed by atoms with E-state index in [1.54, 1.807) is 0 Å². The fraction of sp³-hybridized carbons (Fsp3) is 0.391. The van der Waals surface area contributed by atoms with Crippen LogP contribution in [-0.2, 0) is 12.8 Å². The number of benzene rings is 1. The predicted molar refractivity (Wildman–Crippen MR) is 106 cm³/mol. The number of nitrogens with zero attached hydrogens (tertiary/aromatic N) is 4. The summed E-state index contributed by atoms with van der Waals surface area (Å²) in [5, 5.41) is 2.48. The summed E-state index contributed by atoms with van der Waals surface area (Å²) in [6, 6.07) is 9.72. The van der Waals surface area contributed by atoms with Gasteiger partial charge < -0.3 is 0 Å². The summed E-state index contributed by atoms with van der Waals surface area (Å²) in [6.45, 7) is 4.66. The SMILES string of the molecule is CC1CC(C)[n+]2cccc3c4nc5c(nc4c4ccc[n+]1c4c32)CCCC5. The molecule has 1 aliphatic heterocycles. The van der Waals surface area contributed by atoms with Crippen molar-refractivity contribution in [3.05, 3.63) is 48.0 Å². The van der Waals surface area contributed by atoms with Crippen molar-refractivity contribution in [3.8, 4) is 0 Å². The van der Waals surface area contributed by atoms with Gasteiger partial charge in [-0.3, -0.25) is 0 Å². The summed E-state index contributed by atoms with van der Waals surface area (Å²) in [5.74, 6) is 0. The van der Waals surface area contributed by atoms with Gasteiger partial charge >= 0.3 is 0 Å². The molecule has 2 unspecified atom stereocenters. The molecule has 0 bridgehead atoms. The first-order valence-electron chi connectivity index (χ1n) is 10.2. The van der Waals surface area contributed by atoms with Crippen LogP contribution >= 0.6 is 0 Å². The quantitative estimate of drug-likeness (QED) is 0.353. The molecule has 1 aromatic carbocycles. The van der Waals surface area contributed by atoms with Crippen molar-refractivity contribution >= 4 is 32.8 Å². The van der Waals surface area contributed by atoms with Gasteiger partial charge in [0.1, 0.15) is 11.0 Å². The first-order chi connectivity index (χ1) is 13.2. The van der Waals surface area contributed by atoms with Crippen LogP contribution in [0.2, 0.25) is 0 Å². The third kappa shape index (κ3) is 2.04. The van der Waals surface area contributed by atoms with E-state index in [2.05, 4.69) is 59.6 Å². The summed E-state index contributed by atoms with van der Waals surface area (Å²) in [7, 11) is 0. The Balaban J connectivity index is 1.91. The van der Waals surface area contributed by atoms with Gasteiger partial charge in [0.25, 0.3) is 11.0 Å². The maximum Gasteiger partial charge on any atom is 0.287 e. The van der Waals surface area contributed by atoms with Crippen LogP contribution in [0.1, 0.15) is 56.6 Å². The Labute approximate surface area is 158 Å². The summed E-state index contributed by atoms with van der Waals surface area (Å²) in [5.41, 5.74) is 7.19. The van der Waals surface area contributed by atoms with Crippen LogP contribution in [0.5, 0.6) is 0 Å². The topological polar surface area (TPSA) is 33.5 Å². The lowest BCUT2D eigenvalue weighted by Crippen LogP contribution is -2.39. The first-order valence-corrected chi connectivity index (χ1v) is 10.2. The molecule has 0 saturated heterocycles. The minimum atomic E-state index is 0.454. The van der Waals surface area contributed by atoms with Crippen LogP contribution in [0, 0.1) is 0 Å². The summed E-state index contributed by atoms with van der Waals surface area (Å²) < 4.78 is 4.91. The van der Waals surface area contributed by atoms with E-state index < -0.39 is 0 Å². The summed E-state index contributed by atoms with van der Waals surface area (Å²) in [4.78, 5) is 10.4. The van der Waals surface area contributed by atoms with Crippen LogP contribution < -0.4 is 9.13 Å². The lowest BCUT2D eigenvalue weighted by molar-refractivity contribution is -0.711. The third-order valence-corrected chi connectivity index (χ3v) is 6.54. The molecule has 27 heavy (non-hydrogen) atoms. The van der Waals surface area contributed by atoms with Gasteiger partial charge in [-0.05, 0) is 51.7 Å². The highest BCUT2D eigenvalue weighted by molar-refractivity contribution is 6.18. The smallest absolute Gasteiger partial charge is 0.248 e. The highest BCUT2D eigenvalue weighted by Crippen LogP contribution is 2.34. The summed E-state index contributed by atoms with van der Waals surface area (Å²) >= 11 is 0. The Kier molecular flexibility index (Phi) is 3.11. The van der Waals surface area contributed by atoms with E-state index in [0.717, 1.165) is 30.3 Å². The van der Waals surface area contributed by atoms with Crippen molar-refractivity contribution in [3.63, 3.8) is 0 Å². The molecule has 3 aromatic heterocycles. The third-order valence-electron chi connectivity index (χ3n) is 6.54. The van der Waals surface area contributed by atoms with Gasteiger partial charge in [0.15, 0.2) is 24.5 Å². The van der Waals surface area contributed by atoms with Gasteiger partial charge in [0.05, 0.1) is 28.6 Å². The lowest BCUT2D eigenvalue weighted by Gasteiger charge is -2.15. The maximum absolute atomic E-state index is 5.18. The van der Waals surface area contributed by atoms with Crippen molar-refractivity contribution in [2.45, 2.75) is 58.0 Å². The zero-order chi connectivity index (χ0) is 18.1. The second-order valence-electron chi connectivity index (χ2n) is 8.31.